The van der Waals surface area contributed by atoms with E-state index in [2.05, 4.69) is 20.6 Å². The Morgan fingerprint density at radius 1 is 1.00 bits per heavy atom. The molecule has 6 nitrogen and oxygen atoms in total. The topological polar surface area (TPSA) is 76.1 Å². The van der Waals surface area contributed by atoms with E-state index in [1.807, 2.05) is 63.2 Å². The molecule has 0 aliphatic heterocycles. The fraction of sp³-hybridized carbons (Fsp3) is 0.227. The van der Waals surface area contributed by atoms with Gasteiger partial charge in [0.2, 0.25) is 11.8 Å². The standard InChI is InChI=1S/C22H24N4O2/c1-4-23-20-13-22(25-14-24-20)28-19-9-6-17(7-10-19)12-21(27)26-18-8-5-15(2)16(3)11-18/h5-11,13-14H,4,12H2,1-3H3,(H,26,27)(H,23,24,25). The number of hydrogen-bond donors (Lipinski definition) is 2. The molecular formula is C22H24N4O2. The monoisotopic (exact) mass is 376 g/mol. The number of benzene rings is 2. The van der Waals surface area contributed by atoms with Gasteiger partial charge in [-0.2, -0.15) is 0 Å². The fourth-order valence-corrected chi connectivity index (χ4v) is 2.68. The maximum absolute atomic E-state index is 12.3. The summed E-state index contributed by atoms with van der Waals surface area (Å²) in [5.74, 6) is 1.78. The lowest BCUT2D eigenvalue weighted by Crippen LogP contribution is -2.14. The molecular weight excluding hydrogens is 352 g/mol. The number of aryl methyl sites for hydroxylation is 2. The summed E-state index contributed by atoms with van der Waals surface area (Å²) in [4.78, 5) is 20.5. The molecule has 0 aliphatic carbocycles. The Hall–Kier alpha value is -3.41. The average molecular weight is 376 g/mol. The molecule has 0 bridgehead atoms. The minimum Gasteiger partial charge on any atom is -0.439 e. The second kappa shape index (κ2) is 8.99. The molecule has 0 fully saturated rings. The number of ether oxygens (including phenoxy) is 1. The van der Waals surface area contributed by atoms with Crippen LogP contribution in [0.4, 0.5) is 11.5 Å². The third kappa shape index (κ3) is 5.30. The van der Waals surface area contributed by atoms with Gasteiger partial charge in [-0.15, -0.1) is 0 Å². The highest BCUT2D eigenvalue weighted by atomic mass is 16.5. The number of hydrogen-bond acceptors (Lipinski definition) is 5. The van der Waals surface area contributed by atoms with E-state index in [9.17, 15) is 4.79 Å². The van der Waals surface area contributed by atoms with Crippen molar-refractivity contribution >= 4 is 17.4 Å². The number of nitrogens with zero attached hydrogens (tertiary/aromatic N) is 2. The first-order valence-electron chi connectivity index (χ1n) is 9.23. The first-order chi connectivity index (χ1) is 13.5. The van der Waals surface area contributed by atoms with E-state index < -0.39 is 0 Å². The largest absolute Gasteiger partial charge is 0.439 e. The lowest BCUT2D eigenvalue weighted by molar-refractivity contribution is -0.115. The van der Waals surface area contributed by atoms with E-state index in [-0.39, 0.29) is 5.91 Å². The zero-order valence-electron chi connectivity index (χ0n) is 16.3. The zero-order valence-corrected chi connectivity index (χ0v) is 16.3. The van der Waals surface area contributed by atoms with Crippen LogP contribution in [0.1, 0.15) is 23.6 Å². The molecule has 0 unspecified atom stereocenters. The average Bonchev–Trinajstić information content (AvgIpc) is 2.67. The van der Waals surface area contributed by atoms with Crippen LogP contribution in [0.2, 0.25) is 0 Å². The maximum Gasteiger partial charge on any atom is 0.228 e. The fourth-order valence-electron chi connectivity index (χ4n) is 2.68. The van der Waals surface area contributed by atoms with Crippen molar-refractivity contribution in [1.82, 2.24) is 9.97 Å². The molecule has 3 rings (SSSR count). The number of carbonyl (C=O) groups is 1. The van der Waals surface area contributed by atoms with Crippen LogP contribution in [-0.2, 0) is 11.2 Å². The van der Waals surface area contributed by atoms with Crippen molar-refractivity contribution in [2.24, 2.45) is 0 Å². The first-order valence-corrected chi connectivity index (χ1v) is 9.23. The van der Waals surface area contributed by atoms with Crippen LogP contribution in [0.5, 0.6) is 11.6 Å². The van der Waals surface area contributed by atoms with Crippen LogP contribution in [0.15, 0.2) is 54.9 Å². The van der Waals surface area contributed by atoms with Crippen LogP contribution < -0.4 is 15.4 Å². The Balaban J connectivity index is 1.58. The van der Waals surface area contributed by atoms with Crippen molar-refractivity contribution in [3.8, 4) is 11.6 Å². The van der Waals surface area contributed by atoms with E-state index in [0.29, 0.717) is 23.9 Å². The Labute approximate surface area is 165 Å². The van der Waals surface area contributed by atoms with E-state index in [4.69, 9.17) is 4.74 Å². The predicted octanol–water partition coefficient (Wildman–Crippen LogP) is 4.50. The highest BCUT2D eigenvalue weighted by Crippen LogP contribution is 2.21. The van der Waals surface area contributed by atoms with Crippen LogP contribution in [0, 0.1) is 13.8 Å². The van der Waals surface area contributed by atoms with Crippen LogP contribution >= 0.6 is 0 Å². The normalized spacial score (nSPS) is 10.4. The summed E-state index contributed by atoms with van der Waals surface area (Å²) >= 11 is 0. The lowest BCUT2D eigenvalue weighted by Gasteiger charge is -2.09. The van der Waals surface area contributed by atoms with Gasteiger partial charge < -0.3 is 15.4 Å². The minimum atomic E-state index is -0.0528. The van der Waals surface area contributed by atoms with Gasteiger partial charge >= 0.3 is 0 Å². The molecule has 3 aromatic rings. The van der Waals surface area contributed by atoms with Crippen molar-refractivity contribution in [2.75, 3.05) is 17.2 Å². The molecule has 6 heteroatoms. The maximum atomic E-state index is 12.3. The molecule has 2 N–H and O–H groups in total. The molecule has 1 amide bonds. The van der Waals surface area contributed by atoms with Gasteiger partial charge in [0.25, 0.3) is 0 Å². The molecule has 0 radical (unpaired) electrons. The quantitative estimate of drug-likeness (QED) is 0.635. The van der Waals surface area contributed by atoms with Gasteiger partial charge in [-0.1, -0.05) is 18.2 Å². The molecule has 144 valence electrons. The second-order valence-corrected chi connectivity index (χ2v) is 6.54. The van der Waals surface area contributed by atoms with E-state index in [1.165, 1.54) is 11.9 Å². The van der Waals surface area contributed by atoms with Crippen LogP contribution in [0.3, 0.4) is 0 Å². The number of carbonyl (C=O) groups excluding carboxylic acids is 1. The SMILES string of the molecule is CCNc1cc(Oc2ccc(CC(=O)Nc3ccc(C)c(C)c3)cc2)ncn1. The van der Waals surface area contributed by atoms with Crippen molar-refractivity contribution in [1.29, 1.82) is 0 Å². The van der Waals surface area contributed by atoms with Gasteiger partial charge in [0.05, 0.1) is 6.42 Å². The Bertz CT molecular complexity index is 955. The highest BCUT2D eigenvalue weighted by Gasteiger charge is 2.06. The summed E-state index contributed by atoms with van der Waals surface area (Å²) in [6.45, 7) is 6.85. The molecule has 0 spiro atoms. The van der Waals surface area contributed by atoms with E-state index >= 15 is 0 Å². The summed E-state index contributed by atoms with van der Waals surface area (Å²) in [6, 6.07) is 15.1. The third-order valence-electron chi connectivity index (χ3n) is 4.30. The number of amides is 1. The first kappa shape index (κ1) is 19.4. The summed E-state index contributed by atoms with van der Waals surface area (Å²) in [7, 11) is 0. The van der Waals surface area contributed by atoms with Crippen molar-refractivity contribution in [3.05, 3.63) is 71.5 Å². The van der Waals surface area contributed by atoms with Crippen molar-refractivity contribution < 1.29 is 9.53 Å². The van der Waals surface area contributed by atoms with Crippen molar-refractivity contribution in [3.63, 3.8) is 0 Å². The molecule has 2 aromatic carbocycles. The second-order valence-electron chi connectivity index (χ2n) is 6.54. The van der Waals surface area contributed by atoms with Gasteiger partial charge in [-0.05, 0) is 61.7 Å². The number of anilines is 2. The Morgan fingerprint density at radius 2 is 1.79 bits per heavy atom. The summed E-state index contributed by atoms with van der Waals surface area (Å²) in [6.07, 6.45) is 1.75. The molecule has 28 heavy (non-hydrogen) atoms. The number of aromatic nitrogens is 2. The molecule has 0 saturated heterocycles. The Morgan fingerprint density at radius 3 is 2.50 bits per heavy atom. The van der Waals surface area contributed by atoms with E-state index in [1.54, 1.807) is 6.07 Å². The molecule has 1 aromatic heterocycles. The highest BCUT2D eigenvalue weighted by molar-refractivity contribution is 5.92. The lowest BCUT2D eigenvalue weighted by atomic mass is 10.1. The molecule has 1 heterocycles. The molecule has 0 aliphatic rings. The summed E-state index contributed by atoms with van der Waals surface area (Å²) in [5.41, 5.74) is 4.08. The number of nitrogens with one attached hydrogen (secondary N) is 2. The van der Waals surface area contributed by atoms with Crippen molar-refractivity contribution in [2.45, 2.75) is 27.2 Å². The summed E-state index contributed by atoms with van der Waals surface area (Å²) in [5, 5.41) is 6.05. The number of rotatable bonds is 7. The minimum absolute atomic E-state index is 0.0528. The van der Waals surface area contributed by atoms with Gasteiger partial charge in [0, 0.05) is 18.3 Å². The van der Waals surface area contributed by atoms with Gasteiger partial charge in [0.15, 0.2) is 0 Å². The van der Waals surface area contributed by atoms with Gasteiger partial charge in [0.1, 0.15) is 17.9 Å². The molecule has 0 atom stereocenters. The zero-order chi connectivity index (χ0) is 19.9. The third-order valence-corrected chi connectivity index (χ3v) is 4.30. The van der Waals surface area contributed by atoms with Crippen LogP contribution in [-0.4, -0.2) is 22.4 Å². The Kier molecular flexibility index (Phi) is 6.22. The van der Waals surface area contributed by atoms with E-state index in [0.717, 1.165) is 23.4 Å². The molecule has 0 saturated carbocycles. The smallest absolute Gasteiger partial charge is 0.228 e. The van der Waals surface area contributed by atoms with Gasteiger partial charge in [-0.25, -0.2) is 9.97 Å². The summed E-state index contributed by atoms with van der Waals surface area (Å²) < 4.78 is 5.75. The van der Waals surface area contributed by atoms with Gasteiger partial charge in [-0.3, -0.25) is 4.79 Å². The van der Waals surface area contributed by atoms with Crippen LogP contribution in [0.25, 0.3) is 0 Å². The predicted molar refractivity (Wildman–Crippen MR) is 111 cm³/mol.